The Morgan fingerprint density at radius 3 is 2.60 bits per heavy atom. The van der Waals surface area contributed by atoms with Crippen molar-refractivity contribution in [3.8, 4) is 5.75 Å². The molecule has 1 fully saturated rings. The molecule has 2 unspecified atom stereocenters. The molecule has 0 radical (unpaired) electrons. The van der Waals surface area contributed by atoms with E-state index in [-0.39, 0.29) is 17.6 Å². The average molecular weight is 297 g/mol. The van der Waals surface area contributed by atoms with Gasteiger partial charge in [-0.1, -0.05) is 19.1 Å². The van der Waals surface area contributed by atoms with Crippen molar-refractivity contribution in [1.29, 1.82) is 0 Å². The zero-order chi connectivity index (χ0) is 14.6. The second-order valence-corrected chi connectivity index (χ2v) is 7.68. The van der Waals surface area contributed by atoms with E-state index in [0.29, 0.717) is 12.5 Å². The van der Waals surface area contributed by atoms with Gasteiger partial charge >= 0.3 is 0 Å². The molecule has 0 aliphatic carbocycles. The molecule has 2 rings (SSSR count). The summed E-state index contributed by atoms with van der Waals surface area (Å²) < 4.78 is 28.5. The number of ether oxygens (including phenoxy) is 1. The summed E-state index contributed by atoms with van der Waals surface area (Å²) in [6.07, 6.45) is 1.39. The van der Waals surface area contributed by atoms with Crippen LogP contribution in [0.2, 0.25) is 0 Å². The lowest BCUT2D eigenvalue weighted by atomic mass is 10.1. The van der Waals surface area contributed by atoms with E-state index in [9.17, 15) is 8.42 Å². The molecule has 1 saturated heterocycles. The topological polar surface area (TPSA) is 55.4 Å². The van der Waals surface area contributed by atoms with Crippen LogP contribution >= 0.6 is 0 Å². The highest BCUT2D eigenvalue weighted by atomic mass is 32.2. The van der Waals surface area contributed by atoms with Gasteiger partial charge < -0.3 is 10.1 Å². The molecule has 0 saturated carbocycles. The van der Waals surface area contributed by atoms with Gasteiger partial charge in [0.25, 0.3) is 0 Å². The van der Waals surface area contributed by atoms with Crippen molar-refractivity contribution in [1.82, 2.24) is 5.32 Å². The van der Waals surface area contributed by atoms with Crippen molar-refractivity contribution < 1.29 is 13.2 Å². The lowest BCUT2D eigenvalue weighted by Crippen LogP contribution is -2.27. The maximum Gasteiger partial charge on any atom is 0.154 e. The van der Waals surface area contributed by atoms with Gasteiger partial charge in [0.05, 0.1) is 11.5 Å². The molecule has 1 heterocycles. The molecule has 4 nitrogen and oxygen atoms in total. The fourth-order valence-corrected chi connectivity index (χ4v) is 4.11. The van der Waals surface area contributed by atoms with Crippen molar-refractivity contribution in [2.24, 2.45) is 0 Å². The highest BCUT2D eigenvalue weighted by Crippen LogP contribution is 2.20. The number of rotatable bonds is 6. The van der Waals surface area contributed by atoms with E-state index in [1.165, 1.54) is 5.56 Å². The van der Waals surface area contributed by atoms with Crippen LogP contribution < -0.4 is 10.1 Å². The van der Waals surface area contributed by atoms with E-state index in [2.05, 4.69) is 19.2 Å². The van der Waals surface area contributed by atoms with Gasteiger partial charge in [-0.25, -0.2) is 8.42 Å². The van der Waals surface area contributed by atoms with Gasteiger partial charge in [-0.15, -0.1) is 0 Å². The largest absolute Gasteiger partial charge is 0.489 e. The van der Waals surface area contributed by atoms with Crippen molar-refractivity contribution in [3.63, 3.8) is 0 Å². The van der Waals surface area contributed by atoms with Crippen molar-refractivity contribution in [3.05, 3.63) is 29.8 Å². The zero-order valence-electron chi connectivity index (χ0n) is 12.1. The molecule has 112 valence electrons. The Kier molecular flexibility index (Phi) is 5.05. The predicted molar refractivity (Wildman–Crippen MR) is 81.0 cm³/mol. The average Bonchev–Trinajstić information content (AvgIpc) is 2.71. The fraction of sp³-hybridized carbons (Fsp3) is 0.600. The molecule has 1 aromatic rings. The van der Waals surface area contributed by atoms with Gasteiger partial charge in [0.1, 0.15) is 11.9 Å². The third-order valence-corrected chi connectivity index (χ3v) is 5.25. The normalized spacial score (nSPS) is 22.6. The molecule has 0 aromatic heterocycles. The third-order valence-electron chi connectivity index (χ3n) is 3.51. The van der Waals surface area contributed by atoms with Gasteiger partial charge in [-0.05, 0) is 44.0 Å². The molecule has 20 heavy (non-hydrogen) atoms. The first-order valence-corrected chi connectivity index (χ1v) is 9.00. The Labute approximate surface area is 121 Å². The molecule has 0 amide bonds. The van der Waals surface area contributed by atoms with Gasteiger partial charge in [0.2, 0.25) is 0 Å². The monoisotopic (exact) mass is 297 g/mol. The summed E-state index contributed by atoms with van der Waals surface area (Å²) in [5.41, 5.74) is 1.25. The van der Waals surface area contributed by atoms with Crippen molar-refractivity contribution >= 4 is 9.84 Å². The molecular weight excluding hydrogens is 274 g/mol. The third kappa shape index (κ3) is 4.49. The minimum atomic E-state index is -2.88. The van der Waals surface area contributed by atoms with E-state index in [1.807, 2.05) is 24.3 Å². The summed E-state index contributed by atoms with van der Waals surface area (Å²) >= 11 is 0. The maximum absolute atomic E-state index is 11.4. The highest BCUT2D eigenvalue weighted by Gasteiger charge is 2.29. The number of sulfone groups is 1. The van der Waals surface area contributed by atoms with Gasteiger partial charge in [-0.3, -0.25) is 0 Å². The first-order valence-electron chi connectivity index (χ1n) is 7.18. The molecule has 2 atom stereocenters. The molecule has 5 heteroatoms. The van der Waals surface area contributed by atoms with Gasteiger partial charge in [0, 0.05) is 6.04 Å². The number of likely N-dealkylation sites (N-methyl/N-ethyl adjacent to an activating group) is 1. The van der Waals surface area contributed by atoms with E-state index in [0.717, 1.165) is 18.7 Å². The first kappa shape index (κ1) is 15.3. The highest BCUT2D eigenvalue weighted by molar-refractivity contribution is 7.91. The van der Waals surface area contributed by atoms with Crippen molar-refractivity contribution in [2.45, 2.75) is 38.8 Å². The molecule has 1 aromatic carbocycles. The number of nitrogens with one attached hydrogen (secondary N) is 1. The summed E-state index contributed by atoms with van der Waals surface area (Å²) in [5.74, 6) is 1.15. The number of hydrogen-bond acceptors (Lipinski definition) is 4. The molecular formula is C15H23NO3S. The van der Waals surface area contributed by atoms with E-state index in [4.69, 9.17) is 4.74 Å². The van der Waals surface area contributed by atoms with Crippen LogP contribution in [0.25, 0.3) is 0 Å². The summed E-state index contributed by atoms with van der Waals surface area (Å²) in [5, 5.41) is 3.38. The number of hydrogen-bond donors (Lipinski definition) is 1. The molecule has 1 N–H and O–H groups in total. The number of benzene rings is 1. The minimum absolute atomic E-state index is 0.145. The van der Waals surface area contributed by atoms with Crippen LogP contribution in [0.15, 0.2) is 24.3 Å². The Morgan fingerprint density at radius 1 is 1.35 bits per heavy atom. The smallest absolute Gasteiger partial charge is 0.154 e. The van der Waals surface area contributed by atoms with E-state index >= 15 is 0 Å². The van der Waals surface area contributed by atoms with Crippen LogP contribution in [0.4, 0.5) is 0 Å². The summed E-state index contributed by atoms with van der Waals surface area (Å²) in [6.45, 7) is 5.24. The molecule has 0 bridgehead atoms. The Morgan fingerprint density at radius 2 is 2.05 bits per heavy atom. The Bertz CT molecular complexity index is 525. The molecule has 1 aliphatic heterocycles. The molecule has 1 aliphatic rings. The fourth-order valence-electron chi connectivity index (χ4n) is 2.52. The SMILES string of the molecule is CCNC(C)Cc1ccc(OC2CCS(=O)(=O)C2)cc1. The van der Waals surface area contributed by atoms with Crippen LogP contribution in [-0.4, -0.2) is 38.6 Å². The Hall–Kier alpha value is -1.07. The quantitative estimate of drug-likeness (QED) is 0.870. The standard InChI is InChI=1S/C15H23NO3S/c1-3-16-12(2)10-13-4-6-14(7-5-13)19-15-8-9-20(17,18)11-15/h4-7,12,15-16H,3,8-11H2,1-2H3. The zero-order valence-corrected chi connectivity index (χ0v) is 12.9. The second kappa shape index (κ2) is 6.59. The van der Waals surface area contributed by atoms with Crippen molar-refractivity contribution in [2.75, 3.05) is 18.1 Å². The first-order chi connectivity index (χ1) is 9.48. The maximum atomic E-state index is 11.4. The van der Waals surface area contributed by atoms with Gasteiger partial charge in [-0.2, -0.15) is 0 Å². The summed E-state index contributed by atoms with van der Waals surface area (Å²) in [4.78, 5) is 0. The predicted octanol–water partition coefficient (Wildman–Crippen LogP) is 1.79. The van der Waals surface area contributed by atoms with Gasteiger partial charge in [0.15, 0.2) is 9.84 Å². The summed E-state index contributed by atoms with van der Waals surface area (Å²) in [6, 6.07) is 8.41. The second-order valence-electron chi connectivity index (χ2n) is 5.45. The lowest BCUT2D eigenvalue weighted by molar-refractivity contribution is 0.229. The van der Waals surface area contributed by atoms with Crippen LogP contribution in [0.3, 0.4) is 0 Å². The van der Waals surface area contributed by atoms with Crippen LogP contribution in [0, 0.1) is 0 Å². The van der Waals surface area contributed by atoms with Crippen LogP contribution in [0.1, 0.15) is 25.8 Å². The van der Waals surface area contributed by atoms with Crippen LogP contribution in [0.5, 0.6) is 5.75 Å². The van der Waals surface area contributed by atoms with E-state index < -0.39 is 9.84 Å². The minimum Gasteiger partial charge on any atom is -0.489 e. The van der Waals surface area contributed by atoms with E-state index in [1.54, 1.807) is 0 Å². The molecule has 0 spiro atoms. The summed E-state index contributed by atoms with van der Waals surface area (Å²) in [7, 11) is -2.88. The Balaban J connectivity index is 1.89. The van der Waals surface area contributed by atoms with Crippen LogP contribution in [-0.2, 0) is 16.3 Å². The lowest BCUT2D eigenvalue weighted by Gasteiger charge is -2.14.